The second-order valence-corrected chi connectivity index (χ2v) is 7.42. The van der Waals surface area contributed by atoms with E-state index < -0.39 is 21.3 Å². The fourth-order valence-electron chi connectivity index (χ4n) is 2.12. The maximum absolute atomic E-state index is 13.0. The van der Waals surface area contributed by atoms with Crippen LogP contribution < -0.4 is 0 Å². The van der Waals surface area contributed by atoms with Gasteiger partial charge in [0.15, 0.2) is 0 Å². The number of aliphatic hydroxyl groups excluding tert-OH is 2. The number of phosphoric acid groups is 1. The summed E-state index contributed by atoms with van der Waals surface area (Å²) in [6, 6.07) is 18.6. The number of hydrogen-bond acceptors (Lipinski definition) is 8. The summed E-state index contributed by atoms with van der Waals surface area (Å²) in [5, 5.41) is 18.8. The summed E-state index contributed by atoms with van der Waals surface area (Å²) < 4.78 is 29.4. The third-order valence-corrected chi connectivity index (χ3v) is 4.98. The monoisotopic (exact) mass is 411 g/mol. The molecular formula is C19H26NO7P. The van der Waals surface area contributed by atoms with E-state index in [0.717, 1.165) is 16.2 Å². The van der Waals surface area contributed by atoms with Gasteiger partial charge in [-0.3, -0.25) is 18.4 Å². The molecule has 0 fully saturated rings. The minimum atomic E-state index is -3.80. The Hall–Kier alpha value is -1.61. The van der Waals surface area contributed by atoms with Crippen molar-refractivity contribution in [2.24, 2.45) is 0 Å². The van der Waals surface area contributed by atoms with E-state index in [0.29, 0.717) is 6.42 Å². The number of benzene rings is 2. The molecule has 0 saturated carbocycles. The van der Waals surface area contributed by atoms with Gasteiger partial charge in [0.2, 0.25) is 0 Å². The summed E-state index contributed by atoms with van der Waals surface area (Å²) in [5.41, 5.74) is 1.69. The minimum absolute atomic E-state index is 0.0611. The number of phosphoric ester groups is 1. The smallest absolute Gasteiger partial charge is 0.379 e. The molecule has 0 spiro atoms. The first kappa shape index (κ1) is 22.7. The molecule has 0 atom stereocenters. The molecule has 0 aliphatic carbocycles. The second-order valence-electron chi connectivity index (χ2n) is 5.75. The van der Waals surface area contributed by atoms with Crippen LogP contribution in [0.5, 0.6) is 0 Å². The molecule has 2 aromatic rings. The molecule has 0 aromatic heterocycles. The highest BCUT2D eigenvalue weighted by atomic mass is 31.2. The molecule has 0 amide bonds. The molecule has 0 aliphatic heterocycles. The Morgan fingerprint density at radius 1 is 0.750 bits per heavy atom. The number of rotatable bonds is 14. The van der Waals surface area contributed by atoms with E-state index in [1.165, 1.54) is 0 Å². The predicted octanol–water partition coefficient (Wildman–Crippen LogP) is 3.07. The number of nitrogens with zero attached hydrogens (tertiary/aromatic N) is 1. The molecule has 2 N–H and O–H groups in total. The van der Waals surface area contributed by atoms with E-state index in [9.17, 15) is 4.57 Å². The van der Waals surface area contributed by atoms with Crippen LogP contribution in [0, 0.1) is 0 Å². The van der Waals surface area contributed by atoms with Gasteiger partial charge in [-0.2, -0.15) is 0 Å². The van der Waals surface area contributed by atoms with Crippen molar-refractivity contribution in [1.29, 1.82) is 0 Å². The highest BCUT2D eigenvalue weighted by molar-refractivity contribution is 7.48. The molecule has 2 rings (SSSR count). The number of hydrogen-bond donors (Lipinski definition) is 2. The summed E-state index contributed by atoms with van der Waals surface area (Å²) >= 11 is 0. The molecule has 0 heterocycles. The van der Waals surface area contributed by atoms with Gasteiger partial charge < -0.3 is 10.2 Å². The molecule has 0 unspecified atom stereocenters. The van der Waals surface area contributed by atoms with Gasteiger partial charge in [0.1, 0.15) is 13.5 Å². The highest BCUT2D eigenvalue weighted by Gasteiger charge is 2.27. The van der Waals surface area contributed by atoms with Crippen molar-refractivity contribution in [1.82, 2.24) is 5.06 Å². The van der Waals surface area contributed by atoms with Crippen molar-refractivity contribution in [2.45, 2.75) is 19.6 Å². The number of aliphatic hydroxyl groups is 2. The largest absolute Gasteiger partial charge is 0.475 e. The van der Waals surface area contributed by atoms with Gasteiger partial charge in [0.25, 0.3) is 0 Å². The summed E-state index contributed by atoms with van der Waals surface area (Å²) in [7, 11) is -3.80. The lowest BCUT2D eigenvalue weighted by atomic mass is 10.2. The van der Waals surface area contributed by atoms with Crippen LogP contribution >= 0.6 is 7.82 Å². The standard InChI is InChI=1S/C19H26NO7P/c21-16-20(17-22)24-12-7-13-25-28(23,26-14-18-8-3-1-4-9-18)27-15-19-10-5-2-6-11-19/h1-6,8-11,21-22H,7,12-17H2. The van der Waals surface area contributed by atoms with Crippen molar-refractivity contribution < 1.29 is 33.2 Å². The molecule has 28 heavy (non-hydrogen) atoms. The van der Waals surface area contributed by atoms with E-state index in [1.807, 2.05) is 60.7 Å². The Morgan fingerprint density at radius 2 is 1.25 bits per heavy atom. The Balaban J connectivity index is 1.86. The van der Waals surface area contributed by atoms with E-state index in [1.54, 1.807) is 0 Å². The third-order valence-electron chi connectivity index (χ3n) is 3.59. The maximum atomic E-state index is 13.0. The van der Waals surface area contributed by atoms with Gasteiger partial charge in [-0.05, 0) is 17.5 Å². The van der Waals surface area contributed by atoms with Gasteiger partial charge >= 0.3 is 7.82 Å². The van der Waals surface area contributed by atoms with E-state index in [-0.39, 0.29) is 26.4 Å². The van der Waals surface area contributed by atoms with Gasteiger partial charge in [-0.25, -0.2) is 4.57 Å². The molecule has 0 radical (unpaired) electrons. The fraction of sp³-hybridized carbons (Fsp3) is 0.368. The normalized spacial score (nSPS) is 11.8. The van der Waals surface area contributed by atoms with Crippen molar-refractivity contribution in [3.63, 3.8) is 0 Å². The molecule has 0 aliphatic rings. The van der Waals surface area contributed by atoms with E-state index in [2.05, 4.69) is 0 Å². The molecule has 8 nitrogen and oxygen atoms in total. The maximum Gasteiger partial charge on any atom is 0.475 e. The zero-order valence-electron chi connectivity index (χ0n) is 15.6. The average Bonchev–Trinajstić information content (AvgIpc) is 2.75. The summed E-state index contributed by atoms with van der Waals surface area (Å²) in [6.45, 7) is -0.463. The molecule has 2 aromatic carbocycles. The first-order valence-electron chi connectivity index (χ1n) is 8.86. The second kappa shape index (κ2) is 12.8. The SMILES string of the molecule is O=P(OCCCON(CO)CO)(OCc1ccccc1)OCc1ccccc1. The molecule has 0 saturated heterocycles. The quantitative estimate of drug-likeness (QED) is 0.212. The lowest BCUT2D eigenvalue weighted by Gasteiger charge is -2.19. The predicted molar refractivity (Wildman–Crippen MR) is 103 cm³/mol. The van der Waals surface area contributed by atoms with Crippen LogP contribution in [0.1, 0.15) is 17.5 Å². The fourth-order valence-corrected chi connectivity index (χ4v) is 3.31. The van der Waals surface area contributed by atoms with Crippen molar-refractivity contribution in [3.8, 4) is 0 Å². The van der Waals surface area contributed by atoms with Crippen LogP contribution in [0.2, 0.25) is 0 Å². The Bertz CT molecular complexity index is 650. The molecule has 0 bridgehead atoms. The van der Waals surface area contributed by atoms with Crippen molar-refractivity contribution >= 4 is 7.82 Å². The topological polar surface area (TPSA) is 97.7 Å². The summed E-state index contributed by atoms with van der Waals surface area (Å²) in [5.74, 6) is 0. The third kappa shape index (κ3) is 8.60. The van der Waals surface area contributed by atoms with E-state index >= 15 is 0 Å². The van der Waals surface area contributed by atoms with Crippen LogP contribution in [-0.2, 0) is 36.2 Å². The van der Waals surface area contributed by atoms with Crippen LogP contribution in [0.15, 0.2) is 60.7 Å². The highest BCUT2D eigenvalue weighted by Crippen LogP contribution is 2.51. The average molecular weight is 411 g/mol. The van der Waals surface area contributed by atoms with Gasteiger partial charge in [-0.15, -0.1) is 5.06 Å². The van der Waals surface area contributed by atoms with Crippen molar-refractivity contribution in [3.05, 3.63) is 71.8 Å². The zero-order valence-corrected chi connectivity index (χ0v) is 16.4. The van der Waals surface area contributed by atoms with Crippen molar-refractivity contribution in [2.75, 3.05) is 26.7 Å². The summed E-state index contributed by atoms with van der Waals surface area (Å²) in [6.07, 6.45) is 0.365. The lowest BCUT2D eigenvalue weighted by molar-refractivity contribution is -0.229. The number of hydroxylamine groups is 2. The first-order chi connectivity index (χ1) is 13.6. The van der Waals surface area contributed by atoms with Gasteiger partial charge in [-0.1, -0.05) is 60.7 Å². The van der Waals surface area contributed by atoms with Crippen LogP contribution in [-0.4, -0.2) is 42.0 Å². The molecule has 154 valence electrons. The zero-order chi connectivity index (χ0) is 20.1. The molecular weight excluding hydrogens is 385 g/mol. The van der Waals surface area contributed by atoms with E-state index in [4.69, 9.17) is 28.6 Å². The van der Waals surface area contributed by atoms with Crippen LogP contribution in [0.3, 0.4) is 0 Å². The Kier molecular flexibility index (Phi) is 10.3. The van der Waals surface area contributed by atoms with Crippen LogP contribution in [0.25, 0.3) is 0 Å². The molecule has 9 heteroatoms. The minimum Gasteiger partial charge on any atom is -0.379 e. The van der Waals surface area contributed by atoms with Gasteiger partial charge in [0, 0.05) is 0 Å². The summed E-state index contributed by atoms with van der Waals surface area (Å²) in [4.78, 5) is 5.10. The Labute approximate surface area is 164 Å². The van der Waals surface area contributed by atoms with Gasteiger partial charge in [0.05, 0.1) is 26.4 Å². The first-order valence-corrected chi connectivity index (χ1v) is 10.3. The van der Waals surface area contributed by atoms with Crippen LogP contribution in [0.4, 0.5) is 0 Å². The Morgan fingerprint density at radius 3 is 1.71 bits per heavy atom. The lowest BCUT2D eigenvalue weighted by Crippen LogP contribution is -2.26.